The predicted molar refractivity (Wildman–Crippen MR) is 97.7 cm³/mol. The molecule has 3 atom stereocenters. The van der Waals surface area contributed by atoms with E-state index in [0.717, 1.165) is 37.7 Å². The van der Waals surface area contributed by atoms with Gasteiger partial charge in [0.15, 0.2) is 0 Å². The maximum absolute atomic E-state index is 12.8. The Kier molecular flexibility index (Phi) is 4.02. The highest BCUT2D eigenvalue weighted by Gasteiger charge is 2.39. The summed E-state index contributed by atoms with van der Waals surface area (Å²) in [4.78, 5) is 40.4. The van der Waals surface area contributed by atoms with Gasteiger partial charge in [-0.3, -0.25) is 24.6 Å². The molecule has 1 aromatic carbocycles. The zero-order valence-electron chi connectivity index (χ0n) is 15.2. The number of rotatable bonds is 3. The molecule has 7 nitrogen and oxygen atoms in total. The predicted octanol–water partition coefficient (Wildman–Crippen LogP) is 0.241. The third kappa shape index (κ3) is 2.95. The van der Waals surface area contributed by atoms with Crippen LogP contribution in [0.3, 0.4) is 0 Å². The minimum absolute atomic E-state index is 0.104. The van der Waals surface area contributed by atoms with Crippen LogP contribution < -0.4 is 10.6 Å². The lowest BCUT2D eigenvalue weighted by Gasteiger charge is -2.46. The lowest BCUT2D eigenvalue weighted by atomic mass is 9.85. The number of nitrogens with zero attached hydrogens (tertiary/aromatic N) is 2. The van der Waals surface area contributed by atoms with Crippen molar-refractivity contribution in [3.63, 3.8) is 0 Å². The molecule has 4 aliphatic rings. The summed E-state index contributed by atoms with van der Waals surface area (Å²) in [5.74, 6) is 0.0583. The molecule has 0 aliphatic carbocycles. The van der Waals surface area contributed by atoms with Crippen molar-refractivity contribution in [2.24, 2.45) is 5.92 Å². The van der Waals surface area contributed by atoms with Crippen LogP contribution >= 0.6 is 0 Å². The molecular formula is C20H24N4O3. The normalized spacial score (nSPS) is 30.6. The fourth-order valence-corrected chi connectivity index (χ4v) is 4.85. The first kappa shape index (κ1) is 16.9. The average molecular weight is 368 g/mol. The van der Waals surface area contributed by atoms with Crippen LogP contribution in [-0.2, 0) is 22.7 Å². The molecule has 0 radical (unpaired) electrons. The molecule has 0 spiro atoms. The van der Waals surface area contributed by atoms with Crippen LogP contribution in [0, 0.1) is 5.92 Å². The van der Waals surface area contributed by atoms with E-state index < -0.39 is 6.04 Å². The topological polar surface area (TPSA) is 81.8 Å². The SMILES string of the molecule is O=C1CCC(N2Cc3cc(CN4CC[C@@H]5NC[C@@H]5C4)ccc3C2=O)C(=O)N1. The monoisotopic (exact) mass is 368 g/mol. The van der Waals surface area contributed by atoms with Gasteiger partial charge in [0.2, 0.25) is 11.8 Å². The van der Waals surface area contributed by atoms with E-state index in [-0.39, 0.29) is 24.1 Å². The van der Waals surface area contributed by atoms with Gasteiger partial charge in [-0.25, -0.2) is 0 Å². The maximum atomic E-state index is 12.8. The summed E-state index contributed by atoms with van der Waals surface area (Å²) in [6.45, 7) is 4.72. The summed E-state index contributed by atoms with van der Waals surface area (Å²) in [5.41, 5.74) is 2.89. The van der Waals surface area contributed by atoms with Gasteiger partial charge in [-0.2, -0.15) is 0 Å². The molecular weight excluding hydrogens is 344 g/mol. The second-order valence-corrected chi connectivity index (χ2v) is 8.19. The molecule has 2 N–H and O–H groups in total. The van der Waals surface area contributed by atoms with E-state index in [4.69, 9.17) is 0 Å². The van der Waals surface area contributed by atoms with Crippen molar-refractivity contribution in [3.05, 3.63) is 34.9 Å². The molecule has 5 rings (SSSR count). The molecule has 7 heteroatoms. The lowest BCUT2D eigenvalue weighted by Crippen LogP contribution is -2.61. The highest BCUT2D eigenvalue weighted by atomic mass is 16.2. The van der Waals surface area contributed by atoms with Crippen LogP contribution in [0.5, 0.6) is 0 Å². The van der Waals surface area contributed by atoms with Crippen molar-refractivity contribution in [1.29, 1.82) is 0 Å². The summed E-state index contributed by atoms with van der Waals surface area (Å²) in [6, 6.07) is 6.22. The smallest absolute Gasteiger partial charge is 0.255 e. The minimum atomic E-state index is -0.545. The summed E-state index contributed by atoms with van der Waals surface area (Å²) < 4.78 is 0. The second-order valence-electron chi connectivity index (χ2n) is 8.19. The second kappa shape index (κ2) is 6.42. The van der Waals surface area contributed by atoms with Crippen LogP contribution in [-0.4, -0.2) is 59.2 Å². The Morgan fingerprint density at radius 1 is 1.15 bits per heavy atom. The van der Waals surface area contributed by atoms with Crippen molar-refractivity contribution in [2.45, 2.75) is 44.4 Å². The van der Waals surface area contributed by atoms with E-state index >= 15 is 0 Å². The van der Waals surface area contributed by atoms with Gasteiger partial charge < -0.3 is 10.2 Å². The number of nitrogens with one attached hydrogen (secondary N) is 2. The van der Waals surface area contributed by atoms with Crippen LogP contribution in [0.2, 0.25) is 0 Å². The Morgan fingerprint density at radius 3 is 2.78 bits per heavy atom. The third-order valence-electron chi connectivity index (χ3n) is 6.45. The van der Waals surface area contributed by atoms with E-state index in [2.05, 4.69) is 21.6 Å². The molecule has 0 bridgehead atoms. The fraction of sp³-hybridized carbons (Fsp3) is 0.550. The molecule has 4 heterocycles. The number of amides is 3. The Labute approximate surface area is 158 Å². The summed E-state index contributed by atoms with van der Waals surface area (Å²) in [5, 5.41) is 5.84. The number of piperidine rings is 2. The first-order chi connectivity index (χ1) is 13.1. The standard InChI is InChI=1S/C20H24N4O3/c25-18-4-3-17(19(26)22-18)24-11-13-7-12(1-2-15(13)20(24)27)9-23-6-5-16-14(10-23)8-21-16/h1-2,7,14,16-17,21H,3-6,8-11H2,(H,22,25,26)/t14-,16+,17?/m1/s1. The number of hydrogen-bond acceptors (Lipinski definition) is 5. The van der Waals surface area contributed by atoms with Crippen LogP contribution in [0.15, 0.2) is 18.2 Å². The number of carbonyl (C=O) groups is 3. The van der Waals surface area contributed by atoms with E-state index in [1.807, 2.05) is 12.1 Å². The summed E-state index contributed by atoms with van der Waals surface area (Å²) >= 11 is 0. The van der Waals surface area contributed by atoms with Crippen molar-refractivity contribution >= 4 is 17.7 Å². The molecule has 4 aliphatic heterocycles. The van der Waals surface area contributed by atoms with Crippen molar-refractivity contribution in [3.8, 4) is 0 Å². The van der Waals surface area contributed by atoms with Crippen molar-refractivity contribution in [2.75, 3.05) is 19.6 Å². The van der Waals surface area contributed by atoms with E-state index in [0.29, 0.717) is 24.6 Å². The average Bonchev–Trinajstić information content (AvgIpc) is 2.93. The molecule has 1 unspecified atom stereocenters. The lowest BCUT2D eigenvalue weighted by molar-refractivity contribution is -0.136. The molecule has 1 aromatic rings. The van der Waals surface area contributed by atoms with Crippen molar-refractivity contribution < 1.29 is 14.4 Å². The van der Waals surface area contributed by atoms with Gasteiger partial charge in [-0.05, 0) is 42.5 Å². The number of likely N-dealkylation sites (tertiary alicyclic amines) is 1. The van der Waals surface area contributed by atoms with Gasteiger partial charge in [0, 0.05) is 44.2 Å². The number of fused-ring (bicyclic) bond motifs is 2. The van der Waals surface area contributed by atoms with Gasteiger partial charge in [0.1, 0.15) is 6.04 Å². The number of imide groups is 1. The van der Waals surface area contributed by atoms with Gasteiger partial charge >= 0.3 is 0 Å². The van der Waals surface area contributed by atoms with Crippen molar-refractivity contribution in [1.82, 2.24) is 20.4 Å². The maximum Gasteiger partial charge on any atom is 0.255 e. The molecule has 3 saturated heterocycles. The Balaban J connectivity index is 1.29. The Morgan fingerprint density at radius 2 is 2.04 bits per heavy atom. The first-order valence-electron chi connectivity index (χ1n) is 9.81. The zero-order valence-corrected chi connectivity index (χ0v) is 15.2. The number of carbonyl (C=O) groups excluding carboxylic acids is 3. The van der Waals surface area contributed by atoms with Gasteiger partial charge in [-0.1, -0.05) is 12.1 Å². The molecule has 27 heavy (non-hydrogen) atoms. The third-order valence-corrected chi connectivity index (χ3v) is 6.45. The molecule has 0 saturated carbocycles. The quantitative estimate of drug-likeness (QED) is 0.747. The minimum Gasteiger partial charge on any atom is -0.322 e. The fourth-order valence-electron chi connectivity index (χ4n) is 4.85. The molecule has 142 valence electrons. The largest absolute Gasteiger partial charge is 0.322 e. The van der Waals surface area contributed by atoms with Crippen LogP contribution in [0.1, 0.15) is 40.7 Å². The van der Waals surface area contributed by atoms with E-state index in [1.165, 1.54) is 12.0 Å². The number of hydrogen-bond donors (Lipinski definition) is 2. The molecule has 3 fully saturated rings. The highest BCUT2D eigenvalue weighted by molar-refractivity contribution is 6.05. The Bertz CT molecular complexity index is 823. The summed E-state index contributed by atoms with van der Waals surface area (Å²) in [7, 11) is 0. The highest BCUT2D eigenvalue weighted by Crippen LogP contribution is 2.29. The first-order valence-corrected chi connectivity index (χ1v) is 9.81. The number of benzene rings is 1. The molecule has 0 aromatic heterocycles. The zero-order chi connectivity index (χ0) is 18.5. The van der Waals surface area contributed by atoms with Crippen LogP contribution in [0.4, 0.5) is 0 Å². The van der Waals surface area contributed by atoms with Gasteiger partial charge in [0.05, 0.1) is 0 Å². The van der Waals surface area contributed by atoms with E-state index in [9.17, 15) is 14.4 Å². The van der Waals surface area contributed by atoms with E-state index in [1.54, 1.807) is 4.90 Å². The Hall–Kier alpha value is -2.25. The van der Waals surface area contributed by atoms with Crippen LogP contribution in [0.25, 0.3) is 0 Å². The molecule has 3 amide bonds. The van der Waals surface area contributed by atoms with Gasteiger partial charge in [-0.15, -0.1) is 0 Å². The van der Waals surface area contributed by atoms with Gasteiger partial charge in [0.25, 0.3) is 5.91 Å². The summed E-state index contributed by atoms with van der Waals surface area (Å²) in [6.07, 6.45) is 1.90.